The molecule has 7 nitrogen and oxygen atoms in total. The summed E-state index contributed by atoms with van der Waals surface area (Å²) in [4.78, 5) is 35.0. The van der Waals surface area contributed by atoms with Crippen molar-refractivity contribution in [2.75, 3.05) is 26.2 Å². The van der Waals surface area contributed by atoms with Gasteiger partial charge in [-0.15, -0.1) is 11.3 Å². The van der Waals surface area contributed by atoms with Crippen LogP contribution in [0.25, 0.3) is 0 Å². The Morgan fingerprint density at radius 1 is 1.07 bits per heavy atom. The van der Waals surface area contributed by atoms with E-state index in [-0.39, 0.29) is 18.0 Å². The summed E-state index contributed by atoms with van der Waals surface area (Å²) in [7, 11) is 0. The fourth-order valence-corrected chi connectivity index (χ4v) is 5.33. The van der Waals surface area contributed by atoms with Crippen molar-refractivity contribution in [3.05, 3.63) is 50.4 Å². The molecule has 1 aromatic carbocycles. The Bertz CT molecular complexity index is 931. The van der Waals surface area contributed by atoms with Gasteiger partial charge >= 0.3 is 6.03 Å². The van der Waals surface area contributed by atoms with Gasteiger partial charge in [-0.25, -0.2) is 9.78 Å². The second kappa shape index (κ2) is 7.70. The average Bonchev–Trinajstić information content (AvgIpc) is 3.43. The third-order valence-corrected chi connectivity index (χ3v) is 7.13. The van der Waals surface area contributed by atoms with Gasteiger partial charge in [-0.2, -0.15) is 0 Å². The van der Waals surface area contributed by atoms with Crippen LogP contribution in [0.1, 0.15) is 27.3 Å². The number of amides is 3. The zero-order chi connectivity index (χ0) is 20.0. The lowest BCUT2D eigenvalue weighted by atomic mass is 10.1. The molecule has 152 valence electrons. The number of fused-ring (bicyclic) bond motifs is 1. The second-order valence-corrected chi connectivity index (χ2v) is 9.70. The number of likely N-dealkylation sites (tertiary alicyclic amines) is 2. The number of benzene rings is 1. The molecule has 0 radical (unpaired) electrons. The fraction of sp³-hybridized carbons (Fsp3) is 0.450. The fourth-order valence-electron chi connectivity index (χ4n) is 4.32. The molecule has 4 heterocycles. The number of thiazole rings is 1. The molecule has 1 atom stereocenters. The standard InChI is InChI=1S/C20H22BrN5O2S/c21-15-2-1-13-8-25(9-14(13)7-15)20(28)26-11-17(12-26)23-16-3-5-24(10-16)19(27)18-22-4-6-29-18/h1-2,4,6-7,16-17,23H,3,5,8-12H2. The van der Waals surface area contributed by atoms with Crippen LogP contribution in [0.2, 0.25) is 0 Å². The topological polar surface area (TPSA) is 68.8 Å². The van der Waals surface area contributed by atoms with Gasteiger partial charge in [-0.05, 0) is 29.7 Å². The lowest BCUT2D eigenvalue weighted by Gasteiger charge is -2.42. The summed E-state index contributed by atoms with van der Waals surface area (Å²) in [5.41, 5.74) is 2.45. The van der Waals surface area contributed by atoms with E-state index in [1.54, 1.807) is 6.20 Å². The van der Waals surface area contributed by atoms with Crippen molar-refractivity contribution in [3.8, 4) is 0 Å². The molecule has 5 rings (SSSR count). The molecule has 29 heavy (non-hydrogen) atoms. The summed E-state index contributed by atoms with van der Waals surface area (Å²) in [6.07, 6.45) is 2.61. The highest BCUT2D eigenvalue weighted by molar-refractivity contribution is 9.10. The summed E-state index contributed by atoms with van der Waals surface area (Å²) in [5.74, 6) is 0.0231. The molecule has 2 fully saturated rings. The van der Waals surface area contributed by atoms with Gasteiger partial charge in [-0.3, -0.25) is 4.79 Å². The van der Waals surface area contributed by atoms with Crippen LogP contribution in [0.5, 0.6) is 0 Å². The number of rotatable bonds is 3. The lowest BCUT2D eigenvalue weighted by Crippen LogP contribution is -2.63. The number of urea groups is 1. The van der Waals surface area contributed by atoms with E-state index >= 15 is 0 Å². The second-order valence-electron chi connectivity index (χ2n) is 7.89. The van der Waals surface area contributed by atoms with Gasteiger partial charge < -0.3 is 20.0 Å². The first kappa shape index (κ1) is 19.0. The number of hydrogen-bond donors (Lipinski definition) is 1. The van der Waals surface area contributed by atoms with Crippen molar-refractivity contribution >= 4 is 39.2 Å². The zero-order valence-corrected chi connectivity index (χ0v) is 18.3. The van der Waals surface area contributed by atoms with E-state index in [0.717, 1.165) is 30.5 Å². The molecule has 3 aliphatic rings. The first-order valence-electron chi connectivity index (χ1n) is 9.83. The minimum atomic E-state index is 0.0231. The number of aromatic nitrogens is 1. The Hall–Kier alpha value is -1.97. The molecule has 1 N–H and O–H groups in total. The Labute approximate surface area is 181 Å². The van der Waals surface area contributed by atoms with Gasteiger partial charge in [0.25, 0.3) is 5.91 Å². The first-order valence-corrected chi connectivity index (χ1v) is 11.5. The molecule has 1 unspecified atom stereocenters. The molecule has 3 aliphatic heterocycles. The maximum atomic E-state index is 12.8. The molecule has 0 bridgehead atoms. The van der Waals surface area contributed by atoms with Crippen LogP contribution in [-0.2, 0) is 13.1 Å². The molecular formula is C20H22BrN5O2S. The van der Waals surface area contributed by atoms with E-state index in [1.807, 2.05) is 26.1 Å². The van der Waals surface area contributed by atoms with Crippen molar-refractivity contribution in [2.24, 2.45) is 0 Å². The van der Waals surface area contributed by atoms with Crippen LogP contribution in [-0.4, -0.2) is 69.9 Å². The largest absolute Gasteiger partial charge is 0.335 e. The quantitative estimate of drug-likeness (QED) is 0.740. The van der Waals surface area contributed by atoms with Crippen molar-refractivity contribution in [1.82, 2.24) is 25.0 Å². The number of hydrogen-bond acceptors (Lipinski definition) is 5. The highest BCUT2D eigenvalue weighted by atomic mass is 79.9. The SMILES string of the molecule is O=C(c1nccs1)N1CCC(NC2CN(C(=O)N3Cc4ccc(Br)cc4C3)C2)C1. The average molecular weight is 476 g/mol. The Morgan fingerprint density at radius 2 is 1.86 bits per heavy atom. The molecule has 2 saturated heterocycles. The number of nitrogens with zero attached hydrogens (tertiary/aromatic N) is 4. The van der Waals surface area contributed by atoms with Gasteiger partial charge in [0.05, 0.1) is 0 Å². The predicted molar refractivity (Wildman–Crippen MR) is 114 cm³/mol. The van der Waals surface area contributed by atoms with Gasteiger partial charge in [-0.1, -0.05) is 22.0 Å². The van der Waals surface area contributed by atoms with Crippen LogP contribution < -0.4 is 5.32 Å². The van der Waals surface area contributed by atoms with Crippen molar-refractivity contribution < 1.29 is 9.59 Å². The minimum Gasteiger partial charge on any atom is -0.335 e. The molecular weight excluding hydrogens is 454 g/mol. The van der Waals surface area contributed by atoms with E-state index in [2.05, 4.69) is 38.4 Å². The van der Waals surface area contributed by atoms with E-state index in [4.69, 9.17) is 0 Å². The molecule has 2 aromatic rings. The first-order chi connectivity index (χ1) is 14.1. The van der Waals surface area contributed by atoms with Gasteiger partial charge in [0.15, 0.2) is 5.01 Å². The highest BCUT2D eigenvalue weighted by Crippen LogP contribution is 2.28. The minimum absolute atomic E-state index is 0.0231. The summed E-state index contributed by atoms with van der Waals surface area (Å²) >= 11 is 4.89. The summed E-state index contributed by atoms with van der Waals surface area (Å²) in [6, 6.07) is 6.92. The van der Waals surface area contributed by atoms with Crippen LogP contribution >= 0.6 is 27.3 Å². The van der Waals surface area contributed by atoms with Crippen molar-refractivity contribution in [1.29, 1.82) is 0 Å². The third kappa shape index (κ3) is 3.78. The van der Waals surface area contributed by atoms with Crippen LogP contribution in [0.3, 0.4) is 0 Å². The van der Waals surface area contributed by atoms with E-state index in [1.165, 1.54) is 22.5 Å². The van der Waals surface area contributed by atoms with Crippen molar-refractivity contribution in [3.63, 3.8) is 0 Å². The van der Waals surface area contributed by atoms with E-state index in [0.29, 0.717) is 30.7 Å². The van der Waals surface area contributed by atoms with Crippen LogP contribution in [0, 0.1) is 0 Å². The Morgan fingerprint density at radius 3 is 2.66 bits per heavy atom. The van der Waals surface area contributed by atoms with Crippen LogP contribution in [0.4, 0.5) is 4.79 Å². The monoisotopic (exact) mass is 475 g/mol. The van der Waals surface area contributed by atoms with Crippen molar-refractivity contribution in [2.45, 2.75) is 31.6 Å². The van der Waals surface area contributed by atoms with Gasteiger partial charge in [0, 0.05) is 67.4 Å². The molecule has 3 amide bonds. The van der Waals surface area contributed by atoms with Gasteiger partial charge in [0.2, 0.25) is 0 Å². The number of nitrogens with one attached hydrogen (secondary N) is 1. The number of halogens is 1. The molecule has 1 aromatic heterocycles. The maximum absolute atomic E-state index is 12.8. The Kier molecular flexibility index (Phi) is 5.05. The molecule has 0 saturated carbocycles. The summed E-state index contributed by atoms with van der Waals surface area (Å²) < 4.78 is 1.05. The highest BCUT2D eigenvalue weighted by Gasteiger charge is 2.37. The normalized spacial score (nSPS) is 21.4. The third-order valence-electron chi connectivity index (χ3n) is 5.88. The summed E-state index contributed by atoms with van der Waals surface area (Å²) in [6.45, 7) is 4.29. The molecule has 0 aliphatic carbocycles. The molecule has 9 heteroatoms. The summed E-state index contributed by atoms with van der Waals surface area (Å²) in [5, 5.41) is 6.01. The Balaban J connectivity index is 1.08. The number of carbonyl (C=O) groups excluding carboxylic acids is 2. The lowest BCUT2D eigenvalue weighted by molar-refractivity contribution is 0.0782. The van der Waals surface area contributed by atoms with E-state index in [9.17, 15) is 9.59 Å². The smallest absolute Gasteiger partial charge is 0.320 e. The van der Waals surface area contributed by atoms with Gasteiger partial charge in [0.1, 0.15) is 0 Å². The maximum Gasteiger partial charge on any atom is 0.320 e. The predicted octanol–water partition coefficient (Wildman–Crippen LogP) is 2.53. The van der Waals surface area contributed by atoms with E-state index < -0.39 is 0 Å². The molecule has 0 spiro atoms. The van der Waals surface area contributed by atoms with Crippen LogP contribution in [0.15, 0.2) is 34.2 Å². The zero-order valence-electron chi connectivity index (χ0n) is 15.9. The number of carbonyl (C=O) groups is 2.